The van der Waals surface area contributed by atoms with Gasteiger partial charge in [0.15, 0.2) is 5.16 Å². The van der Waals surface area contributed by atoms with Gasteiger partial charge in [-0.15, -0.1) is 0 Å². The number of amides is 1. The number of nitrogens with zero attached hydrogens (tertiary/aromatic N) is 2. The van der Waals surface area contributed by atoms with Crippen LogP contribution in [0.25, 0.3) is 10.9 Å². The second kappa shape index (κ2) is 10.1. The molecular weight excluding hydrogens is 382 g/mol. The lowest BCUT2D eigenvalue weighted by molar-refractivity contribution is -0.120. The molecule has 0 saturated carbocycles. The van der Waals surface area contributed by atoms with Gasteiger partial charge in [0.2, 0.25) is 5.91 Å². The molecule has 1 N–H and O–H groups in total. The molecule has 1 aromatic carbocycles. The van der Waals surface area contributed by atoms with E-state index in [-0.39, 0.29) is 16.7 Å². The number of nitrogens with one attached hydrogen (secondary N) is 1. The van der Waals surface area contributed by atoms with Gasteiger partial charge in [-0.25, -0.2) is 4.98 Å². The molecule has 1 aromatic heterocycles. The molecule has 5 nitrogen and oxygen atoms in total. The van der Waals surface area contributed by atoms with Crippen molar-refractivity contribution in [1.29, 1.82) is 0 Å². The second-order valence-electron chi connectivity index (χ2n) is 8.13. The Morgan fingerprint density at radius 3 is 2.76 bits per heavy atom. The van der Waals surface area contributed by atoms with Crippen molar-refractivity contribution in [3.8, 4) is 0 Å². The van der Waals surface area contributed by atoms with Gasteiger partial charge in [-0.3, -0.25) is 14.2 Å². The summed E-state index contributed by atoms with van der Waals surface area (Å²) in [5, 5.41) is 3.96. The van der Waals surface area contributed by atoms with Gasteiger partial charge in [0, 0.05) is 13.1 Å². The van der Waals surface area contributed by atoms with Crippen molar-refractivity contribution < 1.29 is 4.79 Å². The number of carbonyl (C=O) groups excluding carboxylic acids is 1. The largest absolute Gasteiger partial charge is 0.355 e. The Hall–Kier alpha value is -2.08. The minimum Gasteiger partial charge on any atom is -0.355 e. The molecule has 1 amide bonds. The predicted molar refractivity (Wildman–Crippen MR) is 120 cm³/mol. The van der Waals surface area contributed by atoms with Gasteiger partial charge in [-0.1, -0.05) is 49.4 Å². The van der Waals surface area contributed by atoms with E-state index in [2.05, 4.69) is 25.2 Å². The quantitative estimate of drug-likeness (QED) is 0.392. The summed E-state index contributed by atoms with van der Waals surface area (Å²) in [6, 6.07) is 7.40. The highest BCUT2D eigenvalue weighted by atomic mass is 32.2. The van der Waals surface area contributed by atoms with Crippen LogP contribution in [0, 0.1) is 5.92 Å². The maximum atomic E-state index is 13.0. The molecule has 1 heterocycles. The van der Waals surface area contributed by atoms with Crippen LogP contribution in [0.2, 0.25) is 0 Å². The first-order chi connectivity index (χ1) is 14.0. The van der Waals surface area contributed by atoms with Crippen molar-refractivity contribution >= 4 is 28.6 Å². The number of hydrogen-bond acceptors (Lipinski definition) is 4. The third kappa shape index (κ3) is 5.72. The third-order valence-electron chi connectivity index (χ3n) is 5.16. The van der Waals surface area contributed by atoms with Crippen molar-refractivity contribution in [3.63, 3.8) is 0 Å². The third-order valence-corrected chi connectivity index (χ3v) is 6.25. The first kappa shape index (κ1) is 21.6. The molecule has 0 spiro atoms. The molecule has 156 valence electrons. The highest BCUT2D eigenvalue weighted by Gasteiger charge is 2.19. The van der Waals surface area contributed by atoms with Crippen LogP contribution in [-0.2, 0) is 11.3 Å². The zero-order chi connectivity index (χ0) is 20.8. The highest BCUT2D eigenvalue weighted by Crippen LogP contribution is 2.24. The lowest BCUT2D eigenvalue weighted by atomic mass is 9.97. The van der Waals surface area contributed by atoms with Gasteiger partial charge >= 0.3 is 0 Å². The second-order valence-corrected chi connectivity index (χ2v) is 9.44. The molecule has 2 aromatic rings. The lowest BCUT2D eigenvalue weighted by Gasteiger charge is -2.18. The fourth-order valence-electron chi connectivity index (χ4n) is 3.60. The van der Waals surface area contributed by atoms with E-state index in [0.717, 1.165) is 19.3 Å². The van der Waals surface area contributed by atoms with Gasteiger partial charge < -0.3 is 5.32 Å². The Balaban J connectivity index is 1.71. The monoisotopic (exact) mass is 413 g/mol. The Bertz CT molecular complexity index is 949. The summed E-state index contributed by atoms with van der Waals surface area (Å²) in [6.45, 7) is 7.28. The van der Waals surface area contributed by atoms with Crippen molar-refractivity contribution in [1.82, 2.24) is 14.9 Å². The minimum absolute atomic E-state index is 0.00934. The molecule has 1 unspecified atom stereocenters. The van der Waals surface area contributed by atoms with E-state index in [1.54, 1.807) is 4.57 Å². The van der Waals surface area contributed by atoms with Crippen LogP contribution < -0.4 is 10.9 Å². The Kier molecular flexibility index (Phi) is 7.53. The number of rotatable bonds is 8. The smallest absolute Gasteiger partial charge is 0.262 e. The van der Waals surface area contributed by atoms with Crippen LogP contribution in [-0.4, -0.2) is 27.3 Å². The highest BCUT2D eigenvalue weighted by molar-refractivity contribution is 8.00. The Labute approximate surface area is 177 Å². The number of aromatic nitrogens is 2. The van der Waals surface area contributed by atoms with Gasteiger partial charge in [0.1, 0.15) is 0 Å². The number of thioether (sulfide) groups is 1. The molecular formula is C23H31N3O2S. The van der Waals surface area contributed by atoms with Gasteiger partial charge in [-0.05, 0) is 57.1 Å². The van der Waals surface area contributed by atoms with E-state index in [0.29, 0.717) is 35.1 Å². The summed E-state index contributed by atoms with van der Waals surface area (Å²) >= 11 is 1.36. The topological polar surface area (TPSA) is 64.0 Å². The van der Waals surface area contributed by atoms with E-state index in [1.807, 2.05) is 31.2 Å². The summed E-state index contributed by atoms with van der Waals surface area (Å²) < 4.78 is 1.72. The van der Waals surface area contributed by atoms with Gasteiger partial charge in [-0.2, -0.15) is 0 Å². The maximum Gasteiger partial charge on any atom is 0.262 e. The normalized spacial score (nSPS) is 15.4. The van der Waals surface area contributed by atoms with Crippen molar-refractivity contribution in [2.45, 2.75) is 69.8 Å². The number of para-hydroxylation sites is 1. The summed E-state index contributed by atoms with van der Waals surface area (Å²) in [7, 11) is 0. The van der Waals surface area contributed by atoms with E-state index in [9.17, 15) is 9.59 Å². The van der Waals surface area contributed by atoms with Crippen LogP contribution in [0.1, 0.15) is 52.9 Å². The van der Waals surface area contributed by atoms with E-state index in [1.165, 1.54) is 30.2 Å². The molecule has 1 atom stereocenters. The van der Waals surface area contributed by atoms with Crippen LogP contribution in [0.5, 0.6) is 0 Å². The molecule has 0 radical (unpaired) electrons. The number of allylic oxidation sites excluding steroid dienone is 1. The van der Waals surface area contributed by atoms with Crippen LogP contribution in [0.4, 0.5) is 0 Å². The summed E-state index contributed by atoms with van der Waals surface area (Å²) in [4.78, 5) is 30.3. The number of benzene rings is 1. The van der Waals surface area contributed by atoms with Gasteiger partial charge in [0.25, 0.3) is 5.56 Å². The lowest BCUT2D eigenvalue weighted by Crippen LogP contribution is -2.33. The zero-order valence-corrected chi connectivity index (χ0v) is 18.4. The molecule has 0 saturated heterocycles. The molecule has 0 aliphatic heterocycles. The first-order valence-corrected chi connectivity index (χ1v) is 11.5. The number of hydrogen-bond donors (Lipinski definition) is 1. The van der Waals surface area contributed by atoms with Crippen LogP contribution in [0.3, 0.4) is 0 Å². The van der Waals surface area contributed by atoms with E-state index < -0.39 is 0 Å². The first-order valence-electron chi connectivity index (χ1n) is 10.6. The van der Waals surface area contributed by atoms with E-state index >= 15 is 0 Å². The fourth-order valence-corrected chi connectivity index (χ4v) is 4.54. The summed E-state index contributed by atoms with van der Waals surface area (Å²) in [5.74, 6) is 0.299. The van der Waals surface area contributed by atoms with E-state index in [4.69, 9.17) is 4.98 Å². The molecule has 3 rings (SSSR count). The molecule has 6 heteroatoms. The summed E-state index contributed by atoms with van der Waals surface area (Å²) in [6.07, 6.45) is 8.10. The van der Waals surface area contributed by atoms with Crippen molar-refractivity contribution in [2.75, 3.05) is 6.54 Å². The molecule has 29 heavy (non-hydrogen) atoms. The average Bonchev–Trinajstić information content (AvgIpc) is 2.71. The SMILES string of the molecule is CC(C)Cn1c(SC(C)C(=O)NCCC2=CCCCC2)nc2ccccc2c1=O. The molecule has 0 bridgehead atoms. The van der Waals surface area contributed by atoms with Crippen LogP contribution in [0.15, 0.2) is 45.9 Å². The molecule has 1 aliphatic rings. The summed E-state index contributed by atoms with van der Waals surface area (Å²) in [5.41, 5.74) is 2.10. The van der Waals surface area contributed by atoms with Crippen molar-refractivity contribution in [2.24, 2.45) is 5.92 Å². The Morgan fingerprint density at radius 1 is 1.24 bits per heavy atom. The predicted octanol–water partition coefficient (Wildman–Crippen LogP) is 4.54. The fraction of sp³-hybridized carbons (Fsp3) is 0.522. The number of carbonyl (C=O) groups is 1. The van der Waals surface area contributed by atoms with Crippen LogP contribution >= 0.6 is 11.8 Å². The zero-order valence-electron chi connectivity index (χ0n) is 17.6. The average molecular weight is 414 g/mol. The Morgan fingerprint density at radius 2 is 2.03 bits per heavy atom. The minimum atomic E-state index is -0.318. The standard InChI is InChI=1S/C23H31N3O2S/c1-16(2)15-26-22(28)19-11-7-8-12-20(19)25-23(26)29-17(3)21(27)24-14-13-18-9-5-4-6-10-18/h7-9,11-12,16-17H,4-6,10,13-15H2,1-3H3,(H,24,27). The maximum absolute atomic E-state index is 13.0. The number of fused-ring (bicyclic) bond motifs is 1. The van der Waals surface area contributed by atoms with Crippen molar-refractivity contribution in [3.05, 3.63) is 46.3 Å². The molecule has 0 fully saturated rings. The van der Waals surface area contributed by atoms with Gasteiger partial charge in [0.05, 0.1) is 16.2 Å². The molecule has 1 aliphatic carbocycles.